The number of aliphatic imine (C=N–C) groups is 1. The van der Waals surface area contributed by atoms with E-state index in [4.69, 9.17) is 23.7 Å². The van der Waals surface area contributed by atoms with Crippen molar-refractivity contribution in [2.24, 2.45) is 4.99 Å². The first-order valence-electron chi connectivity index (χ1n) is 10.0. The molecule has 2 aliphatic rings. The number of nitrogens with one attached hydrogen (secondary N) is 2. The van der Waals surface area contributed by atoms with E-state index in [0.717, 1.165) is 19.4 Å². The van der Waals surface area contributed by atoms with Gasteiger partial charge in [0.15, 0.2) is 23.0 Å². The maximum Gasteiger partial charge on any atom is 0.258 e. The average molecular weight is 427 g/mol. The number of hydrogen-bond donors (Lipinski definition) is 2. The normalized spacial score (nSPS) is 17.4. The van der Waals surface area contributed by atoms with Crippen molar-refractivity contribution in [1.82, 2.24) is 5.32 Å². The highest BCUT2D eigenvalue weighted by atomic mass is 16.7. The third-order valence-electron chi connectivity index (χ3n) is 4.99. The van der Waals surface area contributed by atoms with E-state index in [1.54, 1.807) is 44.6 Å². The Morgan fingerprint density at radius 3 is 2.71 bits per heavy atom. The summed E-state index contributed by atoms with van der Waals surface area (Å²) in [7, 11) is 3.14. The molecule has 1 fully saturated rings. The third-order valence-corrected chi connectivity index (χ3v) is 4.99. The van der Waals surface area contributed by atoms with Crippen molar-refractivity contribution in [1.29, 1.82) is 0 Å². The Bertz CT molecular complexity index is 972. The van der Waals surface area contributed by atoms with E-state index in [1.165, 1.54) is 0 Å². The smallest absolute Gasteiger partial charge is 0.258 e. The van der Waals surface area contributed by atoms with Crippen LogP contribution in [0, 0.1) is 0 Å². The molecule has 4 rings (SSSR count). The van der Waals surface area contributed by atoms with Crippen molar-refractivity contribution in [3.05, 3.63) is 42.0 Å². The predicted molar refractivity (Wildman–Crippen MR) is 114 cm³/mol. The summed E-state index contributed by atoms with van der Waals surface area (Å²) < 4.78 is 26.9. The van der Waals surface area contributed by atoms with Crippen LogP contribution in [0.1, 0.15) is 23.2 Å². The fourth-order valence-electron chi connectivity index (χ4n) is 3.36. The second kappa shape index (κ2) is 9.57. The summed E-state index contributed by atoms with van der Waals surface area (Å²) in [6.45, 7) is 1.33. The molecular weight excluding hydrogens is 402 g/mol. The zero-order valence-electron chi connectivity index (χ0n) is 17.5. The first-order chi connectivity index (χ1) is 15.2. The molecule has 164 valence electrons. The molecule has 1 amide bonds. The Morgan fingerprint density at radius 2 is 1.94 bits per heavy atom. The van der Waals surface area contributed by atoms with Gasteiger partial charge in [0.25, 0.3) is 5.91 Å². The van der Waals surface area contributed by atoms with Crippen LogP contribution in [0.2, 0.25) is 0 Å². The fraction of sp³-hybridized carbons (Fsp3) is 0.364. The maximum atomic E-state index is 12.9. The molecule has 0 spiro atoms. The van der Waals surface area contributed by atoms with Gasteiger partial charge >= 0.3 is 0 Å². The molecule has 0 aromatic heterocycles. The van der Waals surface area contributed by atoms with Gasteiger partial charge in [-0.05, 0) is 43.2 Å². The number of carbonyl (C=O) groups is 1. The van der Waals surface area contributed by atoms with Crippen molar-refractivity contribution in [2.45, 2.75) is 18.9 Å². The Morgan fingerprint density at radius 1 is 1.10 bits per heavy atom. The minimum atomic E-state index is -0.322. The number of nitrogens with zero attached hydrogens (tertiary/aromatic N) is 1. The van der Waals surface area contributed by atoms with E-state index >= 15 is 0 Å². The summed E-state index contributed by atoms with van der Waals surface area (Å²) in [5, 5.41) is 5.99. The predicted octanol–water partition coefficient (Wildman–Crippen LogP) is 2.81. The lowest BCUT2D eigenvalue weighted by molar-refractivity contribution is 0.0975. The first kappa shape index (κ1) is 20.8. The van der Waals surface area contributed by atoms with Gasteiger partial charge in [0.1, 0.15) is 0 Å². The zero-order chi connectivity index (χ0) is 21.6. The van der Waals surface area contributed by atoms with Gasteiger partial charge in [-0.3, -0.25) is 10.1 Å². The molecule has 2 N–H and O–H groups in total. The summed E-state index contributed by atoms with van der Waals surface area (Å²) in [4.78, 5) is 17.4. The number of amides is 1. The molecule has 2 aromatic carbocycles. The van der Waals surface area contributed by atoms with Gasteiger partial charge in [0, 0.05) is 23.9 Å². The van der Waals surface area contributed by atoms with Crippen LogP contribution in [-0.4, -0.2) is 52.1 Å². The van der Waals surface area contributed by atoms with Crippen LogP contribution in [0.15, 0.2) is 41.4 Å². The molecule has 0 aliphatic carbocycles. The average Bonchev–Trinajstić information content (AvgIpc) is 3.48. The van der Waals surface area contributed by atoms with Crippen LogP contribution in [0.4, 0.5) is 5.69 Å². The Kier molecular flexibility index (Phi) is 6.42. The van der Waals surface area contributed by atoms with Gasteiger partial charge in [-0.25, -0.2) is 4.99 Å². The molecule has 9 heteroatoms. The lowest BCUT2D eigenvalue weighted by atomic mass is 10.2. The molecule has 0 bridgehead atoms. The van der Waals surface area contributed by atoms with E-state index in [1.807, 2.05) is 6.07 Å². The molecule has 31 heavy (non-hydrogen) atoms. The summed E-state index contributed by atoms with van der Waals surface area (Å²) in [5.41, 5.74) is 1.12. The highest BCUT2D eigenvalue weighted by Gasteiger charge is 2.19. The van der Waals surface area contributed by atoms with E-state index in [2.05, 4.69) is 15.6 Å². The summed E-state index contributed by atoms with van der Waals surface area (Å²) in [5.74, 6) is 2.32. The first-order valence-corrected chi connectivity index (χ1v) is 10.0. The highest BCUT2D eigenvalue weighted by Crippen LogP contribution is 2.32. The highest BCUT2D eigenvalue weighted by molar-refractivity contribution is 6.10. The molecule has 9 nitrogen and oxygen atoms in total. The number of guanidine groups is 1. The lowest BCUT2D eigenvalue weighted by Gasteiger charge is -2.15. The number of fused-ring (bicyclic) bond motifs is 1. The zero-order valence-corrected chi connectivity index (χ0v) is 17.5. The van der Waals surface area contributed by atoms with Gasteiger partial charge in [-0.1, -0.05) is 0 Å². The van der Waals surface area contributed by atoms with E-state index in [0.29, 0.717) is 46.8 Å². The van der Waals surface area contributed by atoms with E-state index in [9.17, 15) is 4.79 Å². The SMILES string of the molecule is COc1ccc(NC(=NC[C@@H]2CCCO2)NC(=O)c2ccc3c(c2)OCO3)cc1OC. The number of rotatable bonds is 6. The van der Waals surface area contributed by atoms with Crippen molar-refractivity contribution in [2.75, 3.05) is 39.5 Å². The summed E-state index contributed by atoms with van der Waals surface area (Å²) in [6.07, 6.45) is 2.01. The van der Waals surface area contributed by atoms with E-state index in [-0.39, 0.29) is 18.8 Å². The van der Waals surface area contributed by atoms with Crippen molar-refractivity contribution in [3.63, 3.8) is 0 Å². The lowest BCUT2D eigenvalue weighted by Crippen LogP contribution is -2.36. The Hall–Kier alpha value is -3.46. The van der Waals surface area contributed by atoms with Crippen LogP contribution < -0.4 is 29.6 Å². The second-order valence-electron chi connectivity index (χ2n) is 7.04. The summed E-state index contributed by atoms with van der Waals surface area (Å²) >= 11 is 0. The minimum absolute atomic E-state index is 0.0460. The van der Waals surface area contributed by atoms with Crippen molar-refractivity contribution < 1.29 is 28.5 Å². The molecule has 0 radical (unpaired) electrons. The fourth-order valence-corrected chi connectivity index (χ4v) is 3.36. The number of benzene rings is 2. The van der Waals surface area contributed by atoms with Gasteiger partial charge in [0.05, 0.1) is 26.9 Å². The number of carbonyl (C=O) groups excluding carboxylic acids is 1. The number of anilines is 1. The van der Waals surface area contributed by atoms with Crippen LogP contribution in [0.3, 0.4) is 0 Å². The molecule has 2 heterocycles. The van der Waals surface area contributed by atoms with E-state index < -0.39 is 0 Å². The third kappa shape index (κ3) is 5.00. The Labute approximate surface area is 180 Å². The topological polar surface area (TPSA) is 99.6 Å². The molecule has 1 atom stereocenters. The largest absolute Gasteiger partial charge is 0.493 e. The standard InChI is InChI=1S/C22H25N3O6/c1-27-17-8-6-15(11-19(17)28-2)24-22(23-12-16-4-3-9-29-16)25-21(26)14-5-7-18-20(10-14)31-13-30-18/h5-8,10-11,16H,3-4,9,12-13H2,1-2H3,(H2,23,24,25,26)/t16-/m0/s1. The second-order valence-corrected chi connectivity index (χ2v) is 7.04. The van der Waals surface area contributed by atoms with Gasteiger partial charge in [-0.2, -0.15) is 0 Å². The summed E-state index contributed by atoms with van der Waals surface area (Å²) in [6, 6.07) is 10.4. The van der Waals surface area contributed by atoms with Crippen LogP contribution >= 0.6 is 0 Å². The molecular formula is C22H25N3O6. The number of hydrogen-bond acceptors (Lipinski definition) is 7. The van der Waals surface area contributed by atoms with Crippen LogP contribution in [-0.2, 0) is 4.74 Å². The molecule has 2 aliphatic heterocycles. The van der Waals surface area contributed by atoms with Crippen LogP contribution in [0.5, 0.6) is 23.0 Å². The van der Waals surface area contributed by atoms with Crippen molar-refractivity contribution in [3.8, 4) is 23.0 Å². The van der Waals surface area contributed by atoms with Gasteiger partial charge < -0.3 is 29.0 Å². The van der Waals surface area contributed by atoms with Crippen LogP contribution in [0.25, 0.3) is 0 Å². The molecule has 0 unspecified atom stereocenters. The van der Waals surface area contributed by atoms with Gasteiger partial charge in [-0.15, -0.1) is 0 Å². The maximum absolute atomic E-state index is 12.9. The quantitative estimate of drug-likeness (QED) is 0.540. The minimum Gasteiger partial charge on any atom is -0.493 e. The molecule has 0 saturated carbocycles. The number of methoxy groups -OCH3 is 2. The molecule has 1 saturated heterocycles. The van der Waals surface area contributed by atoms with Gasteiger partial charge in [0.2, 0.25) is 12.8 Å². The molecule has 2 aromatic rings. The Balaban J connectivity index is 1.52. The number of ether oxygens (including phenoxy) is 5. The van der Waals surface area contributed by atoms with Crippen molar-refractivity contribution >= 4 is 17.6 Å². The monoisotopic (exact) mass is 427 g/mol.